The van der Waals surface area contributed by atoms with Crippen molar-refractivity contribution in [3.05, 3.63) is 59.7 Å². The van der Waals surface area contributed by atoms with E-state index in [0.29, 0.717) is 30.0 Å². The Hall–Kier alpha value is -3.39. The number of fused-ring (bicyclic) bond motifs is 2. The van der Waals surface area contributed by atoms with Gasteiger partial charge in [-0.2, -0.15) is 0 Å². The van der Waals surface area contributed by atoms with Crippen molar-refractivity contribution in [1.82, 2.24) is 10.2 Å². The van der Waals surface area contributed by atoms with E-state index in [-0.39, 0.29) is 54.9 Å². The summed E-state index contributed by atoms with van der Waals surface area (Å²) in [5.41, 5.74) is 2.16. The Balaban J connectivity index is 1.35. The second-order valence-electron chi connectivity index (χ2n) is 9.81. The highest BCUT2D eigenvalue weighted by Crippen LogP contribution is 2.32. The summed E-state index contributed by atoms with van der Waals surface area (Å²) in [6.07, 6.45) is 1.92. The van der Waals surface area contributed by atoms with Gasteiger partial charge in [-0.05, 0) is 43.0 Å². The molecule has 2 aromatic rings. The molecular formula is C28H35N3O5. The average molecular weight is 494 g/mol. The molecule has 36 heavy (non-hydrogen) atoms. The molecule has 2 aromatic carbocycles. The fourth-order valence-corrected chi connectivity index (χ4v) is 4.66. The van der Waals surface area contributed by atoms with Gasteiger partial charge in [0.1, 0.15) is 18.5 Å². The van der Waals surface area contributed by atoms with Gasteiger partial charge in [0.05, 0.1) is 24.1 Å². The van der Waals surface area contributed by atoms with Gasteiger partial charge >= 0.3 is 0 Å². The van der Waals surface area contributed by atoms with Crippen LogP contribution in [0.2, 0.25) is 0 Å². The monoisotopic (exact) mass is 493 g/mol. The Labute approximate surface area is 212 Å². The molecule has 0 unspecified atom stereocenters. The summed E-state index contributed by atoms with van der Waals surface area (Å²) < 4.78 is 12.3. The predicted octanol–water partition coefficient (Wildman–Crippen LogP) is 3.41. The number of hydrogen-bond acceptors (Lipinski definition) is 5. The van der Waals surface area contributed by atoms with Gasteiger partial charge in [-0.1, -0.05) is 44.2 Å². The second-order valence-corrected chi connectivity index (χ2v) is 9.81. The SMILES string of the molecule is CC(C)C(=O)Nc1ccc2c(c1)C(=O)N(C)[C@H]1CC[C@H](CC(=O)NCCc3ccccc3)O[C@H]1CO2. The average Bonchev–Trinajstić information content (AvgIpc) is 2.87. The van der Waals surface area contributed by atoms with Gasteiger partial charge in [-0.15, -0.1) is 0 Å². The largest absolute Gasteiger partial charge is 0.490 e. The number of ether oxygens (including phenoxy) is 2. The molecule has 1 fully saturated rings. The van der Waals surface area contributed by atoms with Crippen molar-refractivity contribution in [1.29, 1.82) is 0 Å². The van der Waals surface area contributed by atoms with Crippen LogP contribution in [-0.4, -0.2) is 61.1 Å². The van der Waals surface area contributed by atoms with Gasteiger partial charge < -0.3 is 25.0 Å². The van der Waals surface area contributed by atoms with E-state index in [1.165, 1.54) is 5.56 Å². The van der Waals surface area contributed by atoms with Crippen LogP contribution in [0.15, 0.2) is 48.5 Å². The van der Waals surface area contributed by atoms with Crippen LogP contribution in [0.3, 0.4) is 0 Å². The molecule has 1 saturated heterocycles. The molecule has 8 nitrogen and oxygen atoms in total. The van der Waals surface area contributed by atoms with Crippen LogP contribution in [-0.2, 0) is 20.7 Å². The number of nitrogens with one attached hydrogen (secondary N) is 2. The molecule has 3 atom stereocenters. The minimum Gasteiger partial charge on any atom is -0.490 e. The first-order valence-corrected chi connectivity index (χ1v) is 12.6. The van der Waals surface area contributed by atoms with Crippen molar-refractivity contribution < 1.29 is 23.9 Å². The van der Waals surface area contributed by atoms with Crippen LogP contribution in [0.25, 0.3) is 0 Å². The highest BCUT2D eigenvalue weighted by atomic mass is 16.5. The number of nitrogens with zero attached hydrogens (tertiary/aromatic N) is 1. The van der Waals surface area contributed by atoms with Gasteiger partial charge in [0, 0.05) is 25.2 Å². The van der Waals surface area contributed by atoms with E-state index in [9.17, 15) is 14.4 Å². The predicted molar refractivity (Wildman–Crippen MR) is 137 cm³/mol. The van der Waals surface area contributed by atoms with E-state index < -0.39 is 0 Å². The number of hydrogen-bond donors (Lipinski definition) is 2. The highest BCUT2D eigenvalue weighted by molar-refractivity contribution is 6.00. The molecule has 0 bridgehead atoms. The Morgan fingerprint density at radius 1 is 1.11 bits per heavy atom. The number of benzene rings is 2. The first kappa shape index (κ1) is 25.7. The zero-order chi connectivity index (χ0) is 25.7. The highest BCUT2D eigenvalue weighted by Gasteiger charge is 2.39. The molecule has 0 radical (unpaired) electrons. The van der Waals surface area contributed by atoms with E-state index >= 15 is 0 Å². The van der Waals surface area contributed by atoms with Crippen LogP contribution in [0.1, 0.15) is 49.0 Å². The minimum absolute atomic E-state index is 0.0353. The smallest absolute Gasteiger partial charge is 0.257 e. The molecule has 0 spiro atoms. The Kier molecular flexibility index (Phi) is 8.25. The normalized spacial score (nSPS) is 21.5. The van der Waals surface area contributed by atoms with Crippen molar-refractivity contribution in [3.8, 4) is 5.75 Å². The third-order valence-corrected chi connectivity index (χ3v) is 6.80. The topological polar surface area (TPSA) is 97.0 Å². The van der Waals surface area contributed by atoms with Crippen LogP contribution >= 0.6 is 0 Å². The number of anilines is 1. The van der Waals surface area contributed by atoms with Crippen molar-refractivity contribution in [3.63, 3.8) is 0 Å². The summed E-state index contributed by atoms with van der Waals surface area (Å²) in [6.45, 7) is 4.49. The van der Waals surface area contributed by atoms with Crippen molar-refractivity contribution >= 4 is 23.4 Å². The Morgan fingerprint density at radius 2 is 1.89 bits per heavy atom. The molecule has 2 aliphatic heterocycles. The lowest BCUT2D eigenvalue weighted by Crippen LogP contribution is -2.54. The molecule has 0 aromatic heterocycles. The molecule has 2 aliphatic rings. The van der Waals surface area contributed by atoms with E-state index in [1.54, 1.807) is 30.1 Å². The summed E-state index contributed by atoms with van der Waals surface area (Å²) in [7, 11) is 1.77. The molecule has 2 heterocycles. The molecule has 2 N–H and O–H groups in total. The van der Waals surface area contributed by atoms with Crippen molar-refractivity contribution in [2.45, 2.75) is 57.8 Å². The number of carbonyl (C=O) groups is 3. The van der Waals surface area contributed by atoms with E-state index in [2.05, 4.69) is 10.6 Å². The maximum atomic E-state index is 13.3. The lowest BCUT2D eigenvalue weighted by atomic mass is 9.94. The Morgan fingerprint density at radius 3 is 2.64 bits per heavy atom. The van der Waals surface area contributed by atoms with Gasteiger partial charge in [0.2, 0.25) is 11.8 Å². The van der Waals surface area contributed by atoms with Gasteiger partial charge in [-0.3, -0.25) is 14.4 Å². The molecule has 0 saturated carbocycles. The third kappa shape index (κ3) is 6.23. The van der Waals surface area contributed by atoms with Crippen LogP contribution in [0, 0.1) is 5.92 Å². The maximum absolute atomic E-state index is 13.3. The van der Waals surface area contributed by atoms with Gasteiger partial charge in [0.15, 0.2) is 0 Å². The summed E-state index contributed by atoms with van der Waals surface area (Å²) in [5.74, 6) is -0.0377. The molecule has 0 aliphatic carbocycles. The van der Waals surface area contributed by atoms with Crippen molar-refractivity contribution in [2.24, 2.45) is 5.92 Å². The van der Waals surface area contributed by atoms with E-state index in [0.717, 1.165) is 12.8 Å². The van der Waals surface area contributed by atoms with Crippen LogP contribution in [0.5, 0.6) is 5.75 Å². The fraction of sp³-hybridized carbons (Fsp3) is 0.464. The second kappa shape index (κ2) is 11.6. The summed E-state index contributed by atoms with van der Waals surface area (Å²) in [6, 6.07) is 15.0. The van der Waals surface area contributed by atoms with Crippen LogP contribution < -0.4 is 15.4 Å². The Bertz CT molecular complexity index is 1090. The van der Waals surface area contributed by atoms with E-state index in [1.807, 2.05) is 44.2 Å². The number of rotatable bonds is 7. The molecule has 3 amide bonds. The molecule has 4 rings (SSSR count). The summed E-state index contributed by atoms with van der Waals surface area (Å²) in [5, 5.41) is 5.82. The first-order chi connectivity index (χ1) is 17.3. The van der Waals surface area contributed by atoms with Crippen LogP contribution in [0.4, 0.5) is 5.69 Å². The van der Waals surface area contributed by atoms with Gasteiger partial charge in [0.25, 0.3) is 5.91 Å². The van der Waals surface area contributed by atoms with E-state index in [4.69, 9.17) is 9.47 Å². The number of carbonyl (C=O) groups excluding carboxylic acids is 3. The van der Waals surface area contributed by atoms with Gasteiger partial charge in [-0.25, -0.2) is 0 Å². The van der Waals surface area contributed by atoms with Crippen molar-refractivity contribution in [2.75, 3.05) is 25.5 Å². The zero-order valence-electron chi connectivity index (χ0n) is 21.2. The number of amides is 3. The quantitative estimate of drug-likeness (QED) is 0.616. The lowest BCUT2D eigenvalue weighted by Gasteiger charge is -2.42. The number of likely N-dealkylation sites (N-methyl/N-ethyl adjacent to an activating group) is 1. The summed E-state index contributed by atoms with van der Waals surface area (Å²) >= 11 is 0. The fourth-order valence-electron chi connectivity index (χ4n) is 4.66. The molecular weight excluding hydrogens is 458 g/mol. The molecule has 8 heteroatoms. The zero-order valence-corrected chi connectivity index (χ0v) is 21.2. The first-order valence-electron chi connectivity index (χ1n) is 12.6. The standard InChI is InChI=1S/C28H35N3O5/c1-18(2)27(33)30-20-9-12-24-22(15-20)28(34)31(3)23-11-10-21(36-25(23)17-35-24)16-26(32)29-14-13-19-7-5-4-6-8-19/h4-9,12,15,18,21,23,25H,10-11,13-14,16-17H2,1-3H3,(H,29,32)(H,30,33)/t21-,23+,25+/m1/s1. The molecule has 192 valence electrons. The summed E-state index contributed by atoms with van der Waals surface area (Å²) in [4.78, 5) is 39.6. The minimum atomic E-state index is -0.330. The maximum Gasteiger partial charge on any atom is 0.257 e. The lowest BCUT2D eigenvalue weighted by molar-refractivity contribution is -0.134. The third-order valence-electron chi connectivity index (χ3n) is 6.80.